The van der Waals surface area contributed by atoms with Crippen molar-refractivity contribution in [3.8, 4) is 5.75 Å². The number of β-amino-alcohol motifs (C(OH)–C–C–N with tert-alkyl or cyclic N) is 1. The number of rotatable bonds is 8. The van der Waals surface area contributed by atoms with Crippen molar-refractivity contribution in [2.24, 2.45) is 5.16 Å². The second-order valence-electron chi connectivity index (χ2n) is 9.95. The zero-order chi connectivity index (χ0) is 26.9. The number of nitrogens with zero attached hydrogens (tertiary/aromatic N) is 4. The minimum Gasteiger partial charge on any atom is -0.491 e. The molecule has 5 rings (SSSR count). The van der Waals surface area contributed by atoms with E-state index in [1.807, 2.05) is 25.1 Å². The fraction of sp³-hybridized carbons (Fsp3) is 0.481. The second-order valence-corrected chi connectivity index (χ2v) is 11.2. The first-order chi connectivity index (χ1) is 18.2. The Morgan fingerprint density at radius 2 is 2.03 bits per heavy atom. The van der Waals surface area contributed by atoms with Gasteiger partial charge in [0.1, 0.15) is 18.5 Å². The minimum absolute atomic E-state index is 0.120. The number of benzene rings is 2. The van der Waals surface area contributed by atoms with Gasteiger partial charge in [0.15, 0.2) is 6.10 Å². The number of halogens is 3. The molecule has 3 unspecified atom stereocenters. The molecule has 3 heterocycles. The van der Waals surface area contributed by atoms with E-state index in [9.17, 15) is 18.3 Å². The molecule has 1 saturated heterocycles. The number of hydrogen-bond acceptors (Lipinski definition) is 8. The Morgan fingerprint density at radius 3 is 2.82 bits per heavy atom. The van der Waals surface area contributed by atoms with Crippen molar-refractivity contribution in [3.63, 3.8) is 0 Å². The van der Waals surface area contributed by atoms with Crippen molar-refractivity contribution in [3.05, 3.63) is 58.6 Å². The number of aryl methyl sites for hydroxylation is 1. The summed E-state index contributed by atoms with van der Waals surface area (Å²) >= 11 is 1.64. The molecule has 11 heteroatoms. The van der Waals surface area contributed by atoms with Crippen LogP contribution in [0.4, 0.5) is 13.2 Å². The smallest absolute Gasteiger partial charge is 0.416 e. The highest BCUT2D eigenvalue weighted by atomic mass is 32.1. The fourth-order valence-corrected chi connectivity index (χ4v) is 5.89. The van der Waals surface area contributed by atoms with Crippen LogP contribution in [0.1, 0.15) is 35.6 Å². The summed E-state index contributed by atoms with van der Waals surface area (Å²) in [6.45, 7) is 7.59. The summed E-state index contributed by atoms with van der Waals surface area (Å²) in [7, 11) is 0. The number of aromatic nitrogens is 1. The van der Waals surface area contributed by atoms with Crippen LogP contribution in [0, 0.1) is 6.92 Å². The fourth-order valence-electron chi connectivity index (χ4n) is 5.08. The van der Waals surface area contributed by atoms with Crippen LogP contribution >= 0.6 is 11.3 Å². The van der Waals surface area contributed by atoms with Gasteiger partial charge in [-0.25, -0.2) is 4.98 Å². The number of piperazine rings is 1. The first-order valence-electron chi connectivity index (χ1n) is 12.7. The zero-order valence-electron chi connectivity index (χ0n) is 21.3. The lowest BCUT2D eigenvalue weighted by molar-refractivity contribution is -0.139. The Balaban J connectivity index is 1.08. The van der Waals surface area contributed by atoms with E-state index < -0.39 is 23.9 Å². The molecule has 0 radical (unpaired) electrons. The van der Waals surface area contributed by atoms with Gasteiger partial charge in [0.25, 0.3) is 0 Å². The third-order valence-corrected chi connectivity index (χ3v) is 7.91. The number of hydrogen-bond donors (Lipinski definition) is 1. The zero-order valence-corrected chi connectivity index (χ0v) is 22.1. The van der Waals surface area contributed by atoms with Gasteiger partial charge in [-0.3, -0.25) is 9.80 Å². The third-order valence-electron chi connectivity index (χ3n) is 6.96. The van der Waals surface area contributed by atoms with Crippen LogP contribution in [-0.2, 0) is 11.0 Å². The van der Waals surface area contributed by atoms with Crippen LogP contribution in [0.5, 0.6) is 5.75 Å². The number of thiazole rings is 1. The van der Waals surface area contributed by atoms with Crippen LogP contribution in [0.2, 0.25) is 0 Å². The Hall–Kier alpha value is -2.73. The minimum atomic E-state index is -4.43. The predicted octanol–water partition coefficient (Wildman–Crippen LogP) is 4.89. The van der Waals surface area contributed by atoms with Crippen molar-refractivity contribution in [2.75, 3.05) is 39.3 Å². The van der Waals surface area contributed by atoms with Gasteiger partial charge >= 0.3 is 6.18 Å². The number of oxime groups is 1. The topological polar surface area (TPSA) is 70.4 Å². The van der Waals surface area contributed by atoms with Gasteiger partial charge in [0, 0.05) is 56.8 Å². The molecule has 38 heavy (non-hydrogen) atoms. The predicted molar refractivity (Wildman–Crippen MR) is 141 cm³/mol. The molecule has 2 aliphatic rings. The highest BCUT2D eigenvalue weighted by molar-refractivity contribution is 7.18. The van der Waals surface area contributed by atoms with E-state index >= 15 is 0 Å². The van der Waals surface area contributed by atoms with E-state index in [1.54, 1.807) is 17.4 Å². The van der Waals surface area contributed by atoms with Gasteiger partial charge in [-0.1, -0.05) is 23.4 Å². The normalized spacial score (nSPS) is 21.9. The molecule has 0 amide bonds. The van der Waals surface area contributed by atoms with Crippen molar-refractivity contribution in [2.45, 2.75) is 44.7 Å². The van der Waals surface area contributed by atoms with E-state index in [2.05, 4.69) is 26.9 Å². The first-order valence-corrected chi connectivity index (χ1v) is 13.5. The number of alkyl halides is 3. The van der Waals surface area contributed by atoms with Gasteiger partial charge in [-0.15, -0.1) is 11.3 Å². The average molecular weight is 549 g/mol. The Kier molecular flexibility index (Phi) is 7.90. The molecule has 0 spiro atoms. The number of fused-ring (bicyclic) bond motifs is 1. The van der Waals surface area contributed by atoms with Crippen LogP contribution < -0.4 is 4.74 Å². The summed E-state index contributed by atoms with van der Waals surface area (Å²) in [6, 6.07) is 11.5. The number of aliphatic hydroxyl groups is 1. The molecule has 7 nitrogen and oxygen atoms in total. The SMILES string of the molecule is Cc1nc2cc(OCC(O)CN3CCN(CC4=NOC(c5ccccc5C(F)(F)F)C4)C(C)C3)ccc2s1. The molecule has 1 N–H and O–H groups in total. The maximum Gasteiger partial charge on any atom is 0.416 e. The van der Waals surface area contributed by atoms with Gasteiger partial charge in [0.2, 0.25) is 0 Å². The van der Waals surface area contributed by atoms with Gasteiger partial charge in [0.05, 0.1) is 26.5 Å². The molecule has 0 aliphatic carbocycles. The van der Waals surface area contributed by atoms with Gasteiger partial charge in [-0.2, -0.15) is 13.2 Å². The summed E-state index contributed by atoms with van der Waals surface area (Å²) in [5.74, 6) is 0.691. The molecule has 0 bridgehead atoms. The first kappa shape index (κ1) is 26.9. The van der Waals surface area contributed by atoms with Gasteiger partial charge < -0.3 is 14.7 Å². The van der Waals surface area contributed by atoms with E-state index in [4.69, 9.17) is 9.57 Å². The highest BCUT2D eigenvalue weighted by Crippen LogP contribution is 2.38. The Bertz CT molecular complexity index is 1300. The standard InChI is InChI=1S/C27H31F3N4O3S/c1-17-13-33(15-20(35)16-36-21-7-8-26-24(12-21)31-18(2)38-26)9-10-34(17)14-19-11-25(37-32-19)22-5-3-4-6-23(22)27(28,29)30/h3-8,12,17,20,25,35H,9-11,13-16H2,1-2H3. The summed E-state index contributed by atoms with van der Waals surface area (Å²) in [5, 5.41) is 15.7. The molecule has 1 aromatic heterocycles. The quantitative estimate of drug-likeness (QED) is 0.433. The highest BCUT2D eigenvalue weighted by Gasteiger charge is 2.37. The lowest BCUT2D eigenvalue weighted by Crippen LogP contribution is -2.54. The molecular formula is C27H31F3N4O3S. The summed E-state index contributed by atoms with van der Waals surface area (Å²) in [6.07, 6.45) is -5.46. The van der Waals surface area contributed by atoms with E-state index in [0.717, 1.165) is 46.6 Å². The monoisotopic (exact) mass is 548 g/mol. The van der Waals surface area contributed by atoms with Crippen LogP contribution in [0.3, 0.4) is 0 Å². The molecule has 1 fully saturated rings. The lowest BCUT2D eigenvalue weighted by Gasteiger charge is -2.40. The number of aliphatic hydroxyl groups excluding tert-OH is 1. The van der Waals surface area contributed by atoms with Crippen molar-refractivity contribution in [1.82, 2.24) is 14.8 Å². The van der Waals surface area contributed by atoms with E-state index in [-0.39, 0.29) is 18.2 Å². The Labute approximate surface area is 223 Å². The molecule has 3 aromatic rings. The average Bonchev–Trinajstić information content (AvgIpc) is 3.49. The molecule has 2 aromatic carbocycles. The maximum absolute atomic E-state index is 13.4. The molecule has 3 atom stereocenters. The lowest BCUT2D eigenvalue weighted by atomic mass is 9.98. The summed E-state index contributed by atoms with van der Waals surface area (Å²) in [4.78, 5) is 14.4. The molecule has 0 saturated carbocycles. The van der Waals surface area contributed by atoms with Crippen molar-refractivity contribution < 1.29 is 27.9 Å². The summed E-state index contributed by atoms with van der Waals surface area (Å²) < 4.78 is 47.2. The second kappa shape index (κ2) is 11.2. The van der Waals surface area contributed by atoms with Crippen LogP contribution in [0.15, 0.2) is 47.6 Å². The van der Waals surface area contributed by atoms with Crippen molar-refractivity contribution >= 4 is 27.3 Å². The maximum atomic E-state index is 13.4. The van der Waals surface area contributed by atoms with E-state index in [0.29, 0.717) is 25.3 Å². The van der Waals surface area contributed by atoms with Crippen LogP contribution in [0.25, 0.3) is 10.2 Å². The van der Waals surface area contributed by atoms with E-state index in [1.165, 1.54) is 12.1 Å². The molecule has 2 aliphatic heterocycles. The van der Waals surface area contributed by atoms with Crippen LogP contribution in [-0.4, -0.2) is 77.1 Å². The Morgan fingerprint density at radius 1 is 1.21 bits per heavy atom. The third kappa shape index (κ3) is 6.28. The molecular weight excluding hydrogens is 517 g/mol. The molecule has 204 valence electrons. The van der Waals surface area contributed by atoms with Gasteiger partial charge in [-0.05, 0) is 32.0 Å². The summed E-state index contributed by atoms with van der Waals surface area (Å²) in [5.41, 5.74) is 1.09. The van der Waals surface area contributed by atoms with Crippen molar-refractivity contribution in [1.29, 1.82) is 0 Å². The number of ether oxygens (including phenoxy) is 1. The largest absolute Gasteiger partial charge is 0.491 e.